The maximum absolute atomic E-state index is 12.2. The van der Waals surface area contributed by atoms with E-state index in [-0.39, 0.29) is 11.6 Å². The highest BCUT2D eigenvalue weighted by atomic mass is 16.6. The van der Waals surface area contributed by atoms with Crippen LogP contribution in [0.1, 0.15) is 22.8 Å². The lowest BCUT2D eigenvalue weighted by molar-refractivity contribution is -0.384. The molecule has 0 bridgehead atoms. The number of hydrogen-bond donors (Lipinski definition) is 1. The normalized spacial score (nSPS) is 13.4. The number of nitrogens with one attached hydrogen (secondary N) is 1. The van der Waals surface area contributed by atoms with Gasteiger partial charge in [0.15, 0.2) is 11.5 Å². The van der Waals surface area contributed by atoms with Crippen LogP contribution in [0, 0.1) is 10.1 Å². The van der Waals surface area contributed by atoms with Gasteiger partial charge in [0.1, 0.15) is 13.2 Å². The number of rotatable bonds is 5. The fraction of sp³-hybridized carbons (Fsp3) is 0.158. The molecular weight excluding hydrogens is 350 g/mol. The second-order valence-corrected chi connectivity index (χ2v) is 5.74. The van der Waals surface area contributed by atoms with Crippen LogP contribution in [0.3, 0.4) is 0 Å². The number of ether oxygens (including phenoxy) is 2. The van der Waals surface area contributed by atoms with E-state index in [4.69, 9.17) is 9.47 Å². The molecule has 1 N–H and O–H groups in total. The Labute approximate surface area is 155 Å². The highest BCUT2D eigenvalue weighted by Crippen LogP contribution is 2.30. The third-order valence-electron chi connectivity index (χ3n) is 3.74. The summed E-state index contributed by atoms with van der Waals surface area (Å²) >= 11 is 0. The lowest BCUT2D eigenvalue weighted by atomic mass is 10.2. The summed E-state index contributed by atoms with van der Waals surface area (Å²) in [5, 5.41) is 14.8. The Kier molecular flexibility index (Phi) is 5.46. The molecule has 0 fully saturated rings. The summed E-state index contributed by atoms with van der Waals surface area (Å²) in [5.74, 6) is 0.757. The van der Waals surface area contributed by atoms with E-state index in [0.717, 1.165) is 0 Å². The first kappa shape index (κ1) is 18.1. The van der Waals surface area contributed by atoms with Gasteiger partial charge in [0, 0.05) is 17.7 Å². The van der Waals surface area contributed by atoms with Crippen molar-refractivity contribution in [2.45, 2.75) is 6.92 Å². The van der Waals surface area contributed by atoms with Gasteiger partial charge in [-0.2, -0.15) is 5.10 Å². The van der Waals surface area contributed by atoms with Gasteiger partial charge in [-0.05, 0) is 36.8 Å². The van der Waals surface area contributed by atoms with Crippen LogP contribution >= 0.6 is 0 Å². The van der Waals surface area contributed by atoms with Gasteiger partial charge in [0.2, 0.25) is 0 Å². The molecule has 2 aromatic carbocycles. The largest absolute Gasteiger partial charge is 0.486 e. The number of fused-ring (bicyclic) bond motifs is 1. The first-order valence-corrected chi connectivity index (χ1v) is 8.20. The van der Waals surface area contributed by atoms with Gasteiger partial charge in [-0.1, -0.05) is 18.2 Å². The zero-order valence-electron chi connectivity index (χ0n) is 14.5. The van der Waals surface area contributed by atoms with Crippen molar-refractivity contribution in [3.05, 3.63) is 69.8 Å². The summed E-state index contributed by atoms with van der Waals surface area (Å²) in [6.45, 7) is 2.63. The molecule has 8 heteroatoms. The van der Waals surface area contributed by atoms with Gasteiger partial charge in [0.05, 0.1) is 10.6 Å². The Hall–Kier alpha value is -3.68. The Balaban J connectivity index is 1.64. The number of benzene rings is 2. The van der Waals surface area contributed by atoms with Crippen molar-refractivity contribution in [2.24, 2.45) is 5.10 Å². The second-order valence-electron chi connectivity index (χ2n) is 5.74. The molecule has 0 aliphatic carbocycles. The zero-order chi connectivity index (χ0) is 19.2. The number of nitro benzene ring substituents is 1. The third-order valence-corrected chi connectivity index (χ3v) is 3.74. The summed E-state index contributed by atoms with van der Waals surface area (Å²) in [4.78, 5) is 22.5. The number of hydrogen-bond acceptors (Lipinski definition) is 6. The predicted octanol–water partition coefficient (Wildman–Crippen LogP) is 3.19. The summed E-state index contributed by atoms with van der Waals surface area (Å²) in [6, 6.07) is 11.1. The van der Waals surface area contributed by atoms with Crippen LogP contribution in [0.25, 0.3) is 6.08 Å². The van der Waals surface area contributed by atoms with E-state index in [1.165, 1.54) is 12.1 Å². The highest BCUT2D eigenvalue weighted by molar-refractivity contribution is 5.99. The van der Waals surface area contributed by atoms with Gasteiger partial charge in [-0.15, -0.1) is 0 Å². The molecule has 0 atom stereocenters. The molecule has 8 nitrogen and oxygen atoms in total. The molecule has 0 saturated heterocycles. The van der Waals surface area contributed by atoms with Crippen LogP contribution in [0.15, 0.2) is 53.6 Å². The van der Waals surface area contributed by atoms with E-state index in [1.54, 1.807) is 49.4 Å². The van der Waals surface area contributed by atoms with Crippen molar-refractivity contribution < 1.29 is 19.2 Å². The number of allylic oxidation sites excluding steroid dienone is 1. The fourth-order valence-corrected chi connectivity index (χ4v) is 2.38. The molecule has 1 aliphatic heterocycles. The topological polar surface area (TPSA) is 103 Å². The number of nitrogens with zero attached hydrogens (tertiary/aromatic N) is 2. The van der Waals surface area contributed by atoms with Gasteiger partial charge in [-0.25, -0.2) is 5.43 Å². The van der Waals surface area contributed by atoms with Gasteiger partial charge in [-0.3, -0.25) is 14.9 Å². The minimum atomic E-state index is -0.453. The number of non-ortho nitro benzene ring substituents is 1. The SMILES string of the molecule is CC(C=Cc1cccc([N+](=O)[O-])c1)=NNC(=O)c1ccc2c(c1)OCCO2. The molecule has 0 saturated carbocycles. The maximum Gasteiger partial charge on any atom is 0.271 e. The second kappa shape index (κ2) is 8.13. The minimum Gasteiger partial charge on any atom is -0.486 e. The quantitative estimate of drug-likeness (QED) is 0.497. The molecule has 0 unspecified atom stereocenters. The summed E-state index contributed by atoms with van der Waals surface area (Å²) in [7, 11) is 0. The van der Waals surface area contributed by atoms with E-state index in [9.17, 15) is 14.9 Å². The standard InChI is InChI=1S/C19H17N3O5/c1-13(5-6-14-3-2-4-16(11-14)22(24)25)20-21-19(23)15-7-8-17-18(12-15)27-10-9-26-17/h2-8,11-12H,9-10H2,1H3,(H,21,23). The number of carbonyl (C=O) groups excluding carboxylic acids is 1. The van der Waals surface area contributed by atoms with Crippen molar-refractivity contribution in [2.75, 3.05) is 13.2 Å². The Bertz CT molecular complexity index is 937. The Morgan fingerprint density at radius 2 is 1.96 bits per heavy atom. The van der Waals surface area contributed by atoms with Crippen molar-refractivity contribution in [1.82, 2.24) is 5.43 Å². The molecule has 27 heavy (non-hydrogen) atoms. The first-order valence-electron chi connectivity index (χ1n) is 8.20. The van der Waals surface area contributed by atoms with Crippen LogP contribution in [0.2, 0.25) is 0 Å². The summed E-state index contributed by atoms with van der Waals surface area (Å²) < 4.78 is 10.9. The molecule has 0 aromatic heterocycles. The predicted molar refractivity (Wildman–Crippen MR) is 100 cm³/mol. The molecule has 1 aliphatic rings. The molecule has 2 aromatic rings. The lowest BCUT2D eigenvalue weighted by Gasteiger charge is -2.18. The molecule has 0 spiro atoms. The van der Waals surface area contributed by atoms with Crippen LogP contribution in [0.4, 0.5) is 5.69 Å². The third kappa shape index (κ3) is 4.69. The van der Waals surface area contributed by atoms with E-state index < -0.39 is 4.92 Å². The average Bonchev–Trinajstić information content (AvgIpc) is 2.70. The minimum absolute atomic E-state index is 0.0126. The molecule has 138 valence electrons. The molecular formula is C19H17N3O5. The molecule has 3 rings (SSSR count). The van der Waals surface area contributed by atoms with E-state index in [0.29, 0.717) is 41.6 Å². The lowest BCUT2D eigenvalue weighted by Crippen LogP contribution is -2.20. The van der Waals surface area contributed by atoms with Crippen LogP contribution in [-0.4, -0.2) is 29.8 Å². The summed E-state index contributed by atoms with van der Waals surface area (Å²) in [6.07, 6.45) is 3.34. The van der Waals surface area contributed by atoms with Crippen molar-refractivity contribution in [3.8, 4) is 11.5 Å². The molecule has 1 heterocycles. The maximum atomic E-state index is 12.2. The van der Waals surface area contributed by atoms with E-state index in [1.807, 2.05) is 0 Å². The zero-order valence-corrected chi connectivity index (χ0v) is 14.5. The fourth-order valence-electron chi connectivity index (χ4n) is 2.38. The van der Waals surface area contributed by atoms with Crippen LogP contribution in [0.5, 0.6) is 11.5 Å². The average molecular weight is 367 g/mol. The monoisotopic (exact) mass is 367 g/mol. The number of carbonyl (C=O) groups is 1. The van der Waals surface area contributed by atoms with Gasteiger partial charge >= 0.3 is 0 Å². The Morgan fingerprint density at radius 1 is 1.19 bits per heavy atom. The Morgan fingerprint density at radius 3 is 2.74 bits per heavy atom. The number of nitro groups is 1. The van der Waals surface area contributed by atoms with Crippen molar-refractivity contribution in [1.29, 1.82) is 0 Å². The van der Waals surface area contributed by atoms with Gasteiger partial charge < -0.3 is 9.47 Å². The highest BCUT2D eigenvalue weighted by Gasteiger charge is 2.14. The van der Waals surface area contributed by atoms with E-state index >= 15 is 0 Å². The summed E-state index contributed by atoms with van der Waals surface area (Å²) in [5.41, 5.74) is 4.08. The number of amides is 1. The number of hydrazone groups is 1. The van der Waals surface area contributed by atoms with Crippen LogP contribution < -0.4 is 14.9 Å². The van der Waals surface area contributed by atoms with Crippen LogP contribution in [-0.2, 0) is 0 Å². The van der Waals surface area contributed by atoms with Crippen molar-refractivity contribution >= 4 is 23.4 Å². The molecule has 1 amide bonds. The van der Waals surface area contributed by atoms with Crippen molar-refractivity contribution in [3.63, 3.8) is 0 Å². The van der Waals surface area contributed by atoms with E-state index in [2.05, 4.69) is 10.5 Å². The van der Waals surface area contributed by atoms with Gasteiger partial charge in [0.25, 0.3) is 11.6 Å². The first-order chi connectivity index (χ1) is 13.0. The molecule has 0 radical (unpaired) electrons. The smallest absolute Gasteiger partial charge is 0.271 e.